The molecular weight excluding hydrogens is 438 g/mol. The fraction of sp³-hybridized carbons (Fsp3) is 0.448. The number of aromatic nitrogens is 2. The molecule has 0 spiro atoms. The summed E-state index contributed by atoms with van der Waals surface area (Å²) in [4.78, 5) is 22.9. The van der Waals surface area contributed by atoms with Gasteiger partial charge in [-0.05, 0) is 46.9 Å². The molecule has 0 radical (unpaired) electrons. The molecule has 0 aliphatic carbocycles. The lowest BCUT2D eigenvalue weighted by molar-refractivity contribution is -0.134. The Morgan fingerprint density at radius 1 is 1.18 bits per heavy atom. The highest BCUT2D eigenvalue weighted by Crippen LogP contribution is 2.40. The Hall–Kier alpha value is -2.53. The van der Waals surface area contributed by atoms with Gasteiger partial charge in [0.15, 0.2) is 5.16 Å². The monoisotopic (exact) mass is 475 g/mol. The first-order valence-electron chi connectivity index (χ1n) is 12.6. The number of unbranched alkanes of at least 4 members (excludes halogenated alkanes) is 2. The summed E-state index contributed by atoms with van der Waals surface area (Å²) in [6.07, 6.45) is 6.93. The standard InChI is InChI=1S/C29H37N3OS/c1-4-5-7-15-27(33)32-17-16-29(3,22(2)20-32)25-14-10-13-24(18-25)26-19-30-28(31-26)34-21-23-11-8-6-9-12-23/h6,8-14,18-19,22H,4-5,7,15-17,20-21H2,1-3H3,(H,30,31). The van der Waals surface area contributed by atoms with Gasteiger partial charge in [-0.15, -0.1) is 0 Å². The maximum absolute atomic E-state index is 12.7. The van der Waals surface area contributed by atoms with Crippen molar-refractivity contribution in [1.82, 2.24) is 14.9 Å². The largest absolute Gasteiger partial charge is 0.342 e. The number of aromatic amines is 1. The van der Waals surface area contributed by atoms with Crippen LogP contribution in [0, 0.1) is 5.92 Å². The second-order valence-corrected chi connectivity index (χ2v) is 10.8. The highest BCUT2D eigenvalue weighted by molar-refractivity contribution is 7.98. The molecule has 180 valence electrons. The first kappa shape index (κ1) is 24.6. The van der Waals surface area contributed by atoms with Gasteiger partial charge in [0.2, 0.25) is 5.91 Å². The van der Waals surface area contributed by atoms with Crippen LogP contribution >= 0.6 is 11.8 Å². The van der Waals surface area contributed by atoms with Gasteiger partial charge >= 0.3 is 0 Å². The van der Waals surface area contributed by atoms with E-state index in [0.717, 1.165) is 55.4 Å². The minimum absolute atomic E-state index is 0.0567. The number of imidazole rings is 1. The van der Waals surface area contributed by atoms with Crippen molar-refractivity contribution in [3.63, 3.8) is 0 Å². The second-order valence-electron chi connectivity index (χ2n) is 9.82. The minimum atomic E-state index is 0.0567. The first-order chi connectivity index (χ1) is 16.5. The zero-order chi connectivity index (χ0) is 24.0. The van der Waals surface area contributed by atoms with Crippen molar-refractivity contribution >= 4 is 17.7 Å². The molecule has 1 aliphatic heterocycles. The third kappa shape index (κ3) is 5.75. The number of benzene rings is 2. The lowest BCUT2D eigenvalue weighted by atomic mass is 9.67. The molecule has 1 aromatic heterocycles. The summed E-state index contributed by atoms with van der Waals surface area (Å²) in [6, 6.07) is 19.4. The summed E-state index contributed by atoms with van der Waals surface area (Å²) >= 11 is 1.73. The molecule has 34 heavy (non-hydrogen) atoms. The number of hydrogen-bond donors (Lipinski definition) is 1. The molecule has 3 aromatic rings. The van der Waals surface area contributed by atoms with E-state index in [-0.39, 0.29) is 5.41 Å². The Morgan fingerprint density at radius 2 is 2.00 bits per heavy atom. The molecule has 2 atom stereocenters. The van der Waals surface area contributed by atoms with E-state index < -0.39 is 0 Å². The number of nitrogens with one attached hydrogen (secondary N) is 1. The topological polar surface area (TPSA) is 49.0 Å². The summed E-state index contributed by atoms with van der Waals surface area (Å²) in [5, 5.41) is 0.943. The third-order valence-corrected chi connectivity index (χ3v) is 8.39. The molecule has 0 saturated carbocycles. The molecule has 4 nitrogen and oxygen atoms in total. The fourth-order valence-corrected chi connectivity index (χ4v) is 5.67. The summed E-state index contributed by atoms with van der Waals surface area (Å²) < 4.78 is 0. The number of H-pyrrole nitrogens is 1. The van der Waals surface area contributed by atoms with E-state index in [1.54, 1.807) is 11.8 Å². The molecule has 2 heterocycles. The second kappa shape index (κ2) is 11.3. The zero-order valence-corrected chi connectivity index (χ0v) is 21.5. The SMILES string of the molecule is CCCCCC(=O)N1CCC(C)(c2cccc(-c3cnc(SCc4ccccc4)[nH]3)c2)C(C)C1. The minimum Gasteiger partial charge on any atom is -0.342 e. The fourth-order valence-electron chi connectivity index (χ4n) is 4.87. The van der Waals surface area contributed by atoms with Crippen LogP contribution in [0.5, 0.6) is 0 Å². The van der Waals surface area contributed by atoms with Gasteiger partial charge in [-0.2, -0.15) is 0 Å². The number of nitrogens with zero attached hydrogens (tertiary/aromatic N) is 2. The smallest absolute Gasteiger partial charge is 0.222 e. The van der Waals surface area contributed by atoms with Crippen molar-refractivity contribution in [1.29, 1.82) is 0 Å². The lowest BCUT2D eigenvalue weighted by Gasteiger charge is -2.45. The number of thioether (sulfide) groups is 1. The van der Waals surface area contributed by atoms with Gasteiger partial charge in [-0.1, -0.05) is 93.9 Å². The molecule has 2 unspecified atom stereocenters. The quantitative estimate of drug-likeness (QED) is 0.266. The van der Waals surface area contributed by atoms with Crippen LogP contribution in [0.25, 0.3) is 11.3 Å². The Kier molecular flexibility index (Phi) is 8.15. The van der Waals surface area contributed by atoms with E-state index in [2.05, 4.69) is 84.2 Å². The lowest BCUT2D eigenvalue weighted by Crippen LogP contribution is -2.49. The molecule has 1 N–H and O–H groups in total. The van der Waals surface area contributed by atoms with Crippen molar-refractivity contribution in [3.8, 4) is 11.3 Å². The number of likely N-dealkylation sites (tertiary alicyclic amines) is 1. The van der Waals surface area contributed by atoms with Crippen molar-refractivity contribution in [2.45, 2.75) is 69.2 Å². The van der Waals surface area contributed by atoms with Crippen LogP contribution in [-0.4, -0.2) is 33.9 Å². The summed E-state index contributed by atoms with van der Waals surface area (Å²) in [6.45, 7) is 8.54. The van der Waals surface area contributed by atoms with Crippen molar-refractivity contribution < 1.29 is 4.79 Å². The molecule has 1 amide bonds. The van der Waals surface area contributed by atoms with Crippen LogP contribution in [0.1, 0.15) is 64.0 Å². The first-order valence-corrected chi connectivity index (χ1v) is 13.6. The number of hydrogen-bond acceptors (Lipinski definition) is 3. The maximum atomic E-state index is 12.7. The molecule has 0 bridgehead atoms. The number of carbonyl (C=O) groups is 1. The number of rotatable bonds is 9. The summed E-state index contributed by atoms with van der Waals surface area (Å²) in [7, 11) is 0. The molecule has 1 aliphatic rings. The van der Waals surface area contributed by atoms with Gasteiger partial charge in [0.25, 0.3) is 0 Å². The Balaban J connectivity index is 1.42. The molecule has 1 fully saturated rings. The van der Waals surface area contributed by atoms with E-state index in [9.17, 15) is 4.79 Å². The van der Waals surface area contributed by atoms with Crippen LogP contribution in [0.15, 0.2) is 66.0 Å². The average Bonchev–Trinajstić information content (AvgIpc) is 3.34. The van der Waals surface area contributed by atoms with E-state index in [1.807, 2.05) is 12.3 Å². The molecule has 4 rings (SSSR count). The van der Waals surface area contributed by atoms with Gasteiger partial charge < -0.3 is 9.88 Å². The van der Waals surface area contributed by atoms with Crippen molar-refractivity contribution in [2.24, 2.45) is 5.92 Å². The van der Waals surface area contributed by atoms with Crippen molar-refractivity contribution in [2.75, 3.05) is 13.1 Å². The van der Waals surface area contributed by atoms with Gasteiger partial charge in [-0.3, -0.25) is 4.79 Å². The maximum Gasteiger partial charge on any atom is 0.222 e. The zero-order valence-electron chi connectivity index (χ0n) is 20.7. The van der Waals surface area contributed by atoms with E-state index in [4.69, 9.17) is 0 Å². The van der Waals surface area contributed by atoms with E-state index in [1.165, 1.54) is 16.7 Å². The van der Waals surface area contributed by atoms with Gasteiger partial charge in [0.05, 0.1) is 11.9 Å². The van der Waals surface area contributed by atoms with Gasteiger partial charge in [-0.25, -0.2) is 4.98 Å². The van der Waals surface area contributed by atoms with Crippen LogP contribution in [0.4, 0.5) is 0 Å². The average molecular weight is 476 g/mol. The predicted molar refractivity (Wildman–Crippen MR) is 142 cm³/mol. The van der Waals surface area contributed by atoms with E-state index >= 15 is 0 Å². The van der Waals surface area contributed by atoms with Crippen LogP contribution in [0.2, 0.25) is 0 Å². The highest BCUT2D eigenvalue weighted by atomic mass is 32.2. The molecular formula is C29H37N3OS. The predicted octanol–water partition coefficient (Wildman–Crippen LogP) is 7.08. The molecule has 5 heteroatoms. The van der Waals surface area contributed by atoms with Crippen LogP contribution < -0.4 is 0 Å². The Labute approximate surface area is 208 Å². The van der Waals surface area contributed by atoms with Crippen LogP contribution in [0.3, 0.4) is 0 Å². The normalized spacial score (nSPS) is 20.4. The number of amides is 1. The third-order valence-electron chi connectivity index (χ3n) is 7.43. The summed E-state index contributed by atoms with van der Waals surface area (Å²) in [5.74, 6) is 1.64. The van der Waals surface area contributed by atoms with Crippen LogP contribution in [-0.2, 0) is 16.0 Å². The number of carbonyl (C=O) groups excluding carboxylic acids is 1. The van der Waals surface area contributed by atoms with Gasteiger partial charge in [0, 0.05) is 25.3 Å². The highest BCUT2D eigenvalue weighted by Gasteiger charge is 2.39. The van der Waals surface area contributed by atoms with E-state index in [0.29, 0.717) is 18.2 Å². The Morgan fingerprint density at radius 3 is 2.76 bits per heavy atom. The Bertz CT molecular complexity index is 1080. The van der Waals surface area contributed by atoms with Crippen molar-refractivity contribution in [3.05, 3.63) is 71.9 Å². The summed E-state index contributed by atoms with van der Waals surface area (Å²) in [5.41, 5.74) is 4.93. The molecule has 1 saturated heterocycles. The molecule has 2 aromatic carbocycles. The van der Waals surface area contributed by atoms with Gasteiger partial charge in [0.1, 0.15) is 0 Å². The number of piperidine rings is 1.